The van der Waals surface area contributed by atoms with Gasteiger partial charge in [0.1, 0.15) is 5.75 Å². The van der Waals surface area contributed by atoms with Gasteiger partial charge < -0.3 is 4.52 Å². The zero-order valence-electron chi connectivity index (χ0n) is 6.91. The molecule has 0 saturated carbocycles. The van der Waals surface area contributed by atoms with Gasteiger partial charge in [0.05, 0.1) is 0 Å². The first-order chi connectivity index (χ1) is 6.24. The van der Waals surface area contributed by atoms with Crippen LogP contribution in [0.2, 0.25) is 0 Å². The lowest BCUT2D eigenvalue weighted by molar-refractivity contribution is 0.629. The summed E-state index contributed by atoms with van der Waals surface area (Å²) in [4.78, 5) is 0. The molecular weight excluding hydrogens is 226 g/mol. The van der Waals surface area contributed by atoms with Gasteiger partial charge in [-0.3, -0.25) is 0 Å². The molecule has 4 heteroatoms. The van der Waals surface area contributed by atoms with Gasteiger partial charge in [0, 0.05) is 0 Å². The molecule has 0 spiro atoms. The highest BCUT2D eigenvalue weighted by molar-refractivity contribution is 8.00. The Balaban J connectivity index is 2.83. The Morgan fingerprint density at radius 3 is 2.69 bits per heavy atom. The number of halogens is 2. The van der Waals surface area contributed by atoms with Crippen molar-refractivity contribution in [1.29, 1.82) is 0 Å². The van der Waals surface area contributed by atoms with E-state index >= 15 is 0 Å². The van der Waals surface area contributed by atoms with Gasteiger partial charge in [-0.25, -0.2) is 0 Å². The molecule has 0 unspecified atom stereocenters. The van der Waals surface area contributed by atoms with Crippen LogP contribution in [0.25, 0.3) is 0 Å². The maximum absolute atomic E-state index is 5.57. The average molecular weight is 235 g/mol. The van der Waals surface area contributed by atoms with Crippen LogP contribution in [0.1, 0.15) is 5.56 Å². The molecule has 70 valence electrons. The highest BCUT2D eigenvalue weighted by Crippen LogP contribution is 2.48. The number of para-hydroxylation sites is 1. The van der Waals surface area contributed by atoms with Crippen LogP contribution < -0.4 is 4.52 Å². The van der Waals surface area contributed by atoms with Gasteiger partial charge in [-0.1, -0.05) is 24.3 Å². The molecular formula is C9H9Cl2OP. The fourth-order valence-corrected chi connectivity index (χ4v) is 1.76. The third-order valence-corrected chi connectivity index (χ3v) is 2.25. The summed E-state index contributed by atoms with van der Waals surface area (Å²) >= 11 is 11.1. The van der Waals surface area contributed by atoms with Gasteiger partial charge >= 0.3 is 0 Å². The Morgan fingerprint density at radius 1 is 1.38 bits per heavy atom. The molecule has 0 N–H and O–H groups in total. The SMILES string of the molecule is C=CCc1ccccc1OP(Cl)Cl. The van der Waals surface area contributed by atoms with E-state index < -0.39 is 6.85 Å². The minimum atomic E-state index is -1.39. The predicted molar refractivity (Wildman–Crippen MR) is 59.6 cm³/mol. The molecule has 0 aliphatic carbocycles. The monoisotopic (exact) mass is 234 g/mol. The number of benzene rings is 1. The Morgan fingerprint density at radius 2 is 2.08 bits per heavy atom. The van der Waals surface area contributed by atoms with Crippen LogP contribution in [0.3, 0.4) is 0 Å². The summed E-state index contributed by atoms with van der Waals surface area (Å²) in [6.45, 7) is 2.27. The molecule has 0 bridgehead atoms. The Kier molecular flexibility index (Phi) is 4.58. The second-order valence-corrected chi connectivity index (χ2v) is 5.34. The standard InChI is InChI=1S/C9H9Cl2OP/c1-2-5-8-6-3-4-7-9(8)12-13(10)11/h2-4,6-7H,1,5H2. The molecule has 0 radical (unpaired) electrons. The molecule has 1 aromatic carbocycles. The van der Waals surface area contributed by atoms with Gasteiger partial charge in [0.15, 0.2) is 0 Å². The van der Waals surface area contributed by atoms with Crippen molar-refractivity contribution < 1.29 is 4.52 Å². The largest absolute Gasteiger partial charge is 0.445 e. The van der Waals surface area contributed by atoms with Crippen molar-refractivity contribution in [3.8, 4) is 5.75 Å². The van der Waals surface area contributed by atoms with E-state index in [-0.39, 0.29) is 0 Å². The van der Waals surface area contributed by atoms with E-state index in [1.165, 1.54) is 0 Å². The third kappa shape index (κ3) is 3.56. The van der Waals surface area contributed by atoms with Crippen LogP contribution in [-0.4, -0.2) is 0 Å². The molecule has 0 aliphatic heterocycles. The molecule has 13 heavy (non-hydrogen) atoms. The summed E-state index contributed by atoms with van der Waals surface area (Å²) in [7, 11) is 0. The van der Waals surface area contributed by atoms with E-state index in [1.807, 2.05) is 30.3 Å². The van der Waals surface area contributed by atoms with Crippen molar-refractivity contribution in [2.45, 2.75) is 6.42 Å². The van der Waals surface area contributed by atoms with Crippen molar-refractivity contribution in [2.24, 2.45) is 0 Å². The zero-order valence-corrected chi connectivity index (χ0v) is 9.32. The maximum Gasteiger partial charge on any atom is 0.284 e. The molecule has 0 amide bonds. The first-order valence-electron chi connectivity index (χ1n) is 3.72. The van der Waals surface area contributed by atoms with Crippen LogP contribution in [0.15, 0.2) is 36.9 Å². The van der Waals surface area contributed by atoms with Crippen LogP contribution >= 0.6 is 29.3 Å². The Labute approximate surface area is 88.7 Å². The Bertz CT molecular complexity index is 289. The van der Waals surface area contributed by atoms with E-state index in [2.05, 4.69) is 6.58 Å². The smallest absolute Gasteiger partial charge is 0.284 e. The Hall–Kier alpha value is -0.230. The second-order valence-electron chi connectivity index (χ2n) is 2.39. The first-order valence-corrected chi connectivity index (χ1v) is 6.79. The lowest BCUT2D eigenvalue weighted by atomic mass is 10.1. The molecule has 0 aliphatic rings. The number of rotatable bonds is 4. The normalized spacial score (nSPS) is 10.1. The van der Waals surface area contributed by atoms with Crippen LogP contribution in [-0.2, 0) is 6.42 Å². The van der Waals surface area contributed by atoms with Crippen molar-refractivity contribution in [3.05, 3.63) is 42.5 Å². The number of hydrogen-bond donors (Lipinski definition) is 0. The summed E-state index contributed by atoms with van der Waals surface area (Å²) in [5.41, 5.74) is 1.05. The molecule has 0 heterocycles. The van der Waals surface area contributed by atoms with Gasteiger partial charge in [-0.15, -0.1) is 6.58 Å². The van der Waals surface area contributed by atoms with Crippen molar-refractivity contribution in [2.75, 3.05) is 0 Å². The fourth-order valence-electron chi connectivity index (χ4n) is 0.991. The lowest BCUT2D eigenvalue weighted by Gasteiger charge is -2.08. The molecule has 0 fully saturated rings. The lowest BCUT2D eigenvalue weighted by Crippen LogP contribution is -1.87. The summed E-state index contributed by atoms with van der Waals surface area (Å²) in [5, 5.41) is 0. The van der Waals surface area contributed by atoms with E-state index in [4.69, 9.17) is 27.0 Å². The molecule has 1 aromatic rings. The van der Waals surface area contributed by atoms with Crippen LogP contribution in [0, 0.1) is 0 Å². The van der Waals surface area contributed by atoms with Crippen LogP contribution in [0.4, 0.5) is 0 Å². The molecule has 1 nitrogen and oxygen atoms in total. The maximum atomic E-state index is 5.57. The molecule has 0 aromatic heterocycles. The minimum Gasteiger partial charge on any atom is -0.445 e. The van der Waals surface area contributed by atoms with Crippen molar-refractivity contribution >= 4 is 29.3 Å². The van der Waals surface area contributed by atoms with Gasteiger partial charge in [0.25, 0.3) is 6.85 Å². The number of allylic oxidation sites excluding steroid dienone is 1. The van der Waals surface area contributed by atoms with Crippen molar-refractivity contribution in [3.63, 3.8) is 0 Å². The third-order valence-electron chi connectivity index (χ3n) is 1.50. The quantitative estimate of drug-likeness (QED) is 0.551. The molecule has 1 rings (SSSR count). The highest BCUT2D eigenvalue weighted by Gasteiger charge is 2.05. The summed E-state index contributed by atoms with van der Waals surface area (Å²) in [6.07, 6.45) is 2.57. The average Bonchev–Trinajstić information content (AvgIpc) is 2.08. The topological polar surface area (TPSA) is 9.23 Å². The summed E-state index contributed by atoms with van der Waals surface area (Å²) in [6, 6.07) is 7.63. The zero-order chi connectivity index (χ0) is 9.68. The number of hydrogen-bond acceptors (Lipinski definition) is 1. The van der Waals surface area contributed by atoms with E-state index in [9.17, 15) is 0 Å². The van der Waals surface area contributed by atoms with E-state index in [1.54, 1.807) is 0 Å². The summed E-state index contributed by atoms with van der Waals surface area (Å²) < 4.78 is 5.25. The first kappa shape index (κ1) is 10.8. The van der Waals surface area contributed by atoms with Crippen molar-refractivity contribution in [1.82, 2.24) is 0 Å². The molecule has 0 atom stereocenters. The van der Waals surface area contributed by atoms with Crippen LogP contribution in [0.5, 0.6) is 5.75 Å². The molecule has 0 saturated heterocycles. The van der Waals surface area contributed by atoms with Gasteiger partial charge in [-0.05, 0) is 40.5 Å². The van der Waals surface area contributed by atoms with E-state index in [0.717, 1.165) is 17.7 Å². The second kappa shape index (κ2) is 5.49. The minimum absolute atomic E-state index is 0.735. The van der Waals surface area contributed by atoms with Gasteiger partial charge in [-0.2, -0.15) is 0 Å². The highest BCUT2D eigenvalue weighted by atomic mass is 35.9. The van der Waals surface area contributed by atoms with E-state index in [0.29, 0.717) is 0 Å². The predicted octanol–water partition coefficient (Wildman–Crippen LogP) is 4.50. The fraction of sp³-hybridized carbons (Fsp3) is 0.111. The van der Waals surface area contributed by atoms with Gasteiger partial charge in [0.2, 0.25) is 0 Å². The summed E-state index contributed by atoms with van der Waals surface area (Å²) in [5.74, 6) is 0.735.